The van der Waals surface area contributed by atoms with Gasteiger partial charge >= 0.3 is 5.97 Å². The highest BCUT2D eigenvalue weighted by atomic mass is 32.2. The molecule has 1 saturated heterocycles. The average molecular weight is 369 g/mol. The lowest BCUT2D eigenvalue weighted by Gasteiger charge is -2.23. The second-order valence-electron chi connectivity index (χ2n) is 6.60. The number of amides is 1. The SMILES string of the molecule is Cc1nn(C)c(C)c1/C=C/C(=O)OCC(=O)N[C@@]1(C)CCS(=O)(=O)C1. The Morgan fingerprint density at radius 1 is 1.40 bits per heavy atom. The molecule has 0 unspecified atom stereocenters. The summed E-state index contributed by atoms with van der Waals surface area (Å²) < 4.78 is 29.7. The van der Waals surface area contributed by atoms with Crippen LogP contribution in [0.15, 0.2) is 6.08 Å². The third kappa shape index (κ3) is 4.91. The van der Waals surface area contributed by atoms with E-state index in [2.05, 4.69) is 10.4 Å². The number of aromatic nitrogens is 2. The molecule has 1 atom stereocenters. The summed E-state index contributed by atoms with van der Waals surface area (Å²) in [6, 6.07) is 0. The first-order chi connectivity index (χ1) is 11.5. The number of esters is 1. The number of aryl methyl sites for hydroxylation is 2. The maximum Gasteiger partial charge on any atom is 0.331 e. The lowest BCUT2D eigenvalue weighted by atomic mass is 10.0. The minimum absolute atomic E-state index is 0.0517. The van der Waals surface area contributed by atoms with Crippen LogP contribution in [0.1, 0.15) is 30.3 Å². The van der Waals surface area contributed by atoms with E-state index >= 15 is 0 Å². The average Bonchev–Trinajstić information content (AvgIpc) is 2.90. The molecule has 0 spiro atoms. The van der Waals surface area contributed by atoms with Crippen molar-refractivity contribution in [2.24, 2.45) is 7.05 Å². The van der Waals surface area contributed by atoms with Gasteiger partial charge in [-0.2, -0.15) is 5.10 Å². The molecule has 0 saturated carbocycles. The van der Waals surface area contributed by atoms with Gasteiger partial charge in [0.05, 0.1) is 22.7 Å². The molecule has 138 valence electrons. The van der Waals surface area contributed by atoms with Crippen molar-refractivity contribution in [2.75, 3.05) is 18.1 Å². The first-order valence-electron chi connectivity index (χ1n) is 7.88. The van der Waals surface area contributed by atoms with Crippen LogP contribution >= 0.6 is 0 Å². The molecule has 25 heavy (non-hydrogen) atoms. The quantitative estimate of drug-likeness (QED) is 0.590. The highest BCUT2D eigenvalue weighted by Gasteiger charge is 2.39. The third-order valence-corrected chi connectivity index (χ3v) is 6.14. The van der Waals surface area contributed by atoms with Gasteiger partial charge in [0.25, 0.3) is 5.91 Å². The van der Waals surface area contributed by atoms with Crippen LogP contribution in [0.2, 0.25) is 0 Å². The zero-order valence-electron chi connectivity index (χ0n) is 14.8. The van der Waals surface area contributed by atoms with E-state index in [1.807, 2.05) is 20.9 Å². The van der Waals surface area contributed by atoms with Gasteiger partial charge in [-0.05, 0) is 33.3 Å². The smallest absolute Gasteiger partial charge is 0.331 e. The second kappa shape index (κ2) is 6.99. The number of sulfone groups is 1. The number of hydrogen-bond donors (Lipinski definition) is 1. The normalized spacial score (nSPS) is 22.2. The number of rotatable bonds is 5. The number of nitrogens with one attached hydrogen (secondary N) is 1. The molecule has 1 fully saturated rings. The van der Waals surface area contributed by atoms with E-state index < -0.39 is 33.9 Å². The van der Waals surface area contributed by atoms with Crippen molar-refractivity contribution in [3.8, 4) is 0 Å². The van der Waals surface area contributed by atoms with Crippen LogP contribution in [0, 0.1) is 13.8 Å². The summed E-state index contributed by atoms with van der Waals surface area (Å²) in [4.78, 5) is 23.6. The minimum Gasteiger partial charge on any atom is -0.452 e. The number of hydrogen-bond acceptors (Lipinski definition) is 6. The Balaban J connectivity index is 1.85. The Morgan fingerprint density at radius 2 is 2.08 bits per heavy atom. The highest BCUT2D eigenvalue weighted by Crippen LogP contribution is 2.22. The van der Waals surface area contributed by atoms with Crippen LogP contribution in [-0.2, 0) is 31.2 Å². The van der Waals surface area contributed by atoms with Crippen molar-refractivity contribution >= 4 is 27.8 Å². The van der Waals surface area contributed by atoms with Crippen molar-refractivity contribution in [2.45, 2.75) is 32.7 Å². The van der Waals surface area contributed by atoms with Crippen molar-refractivity contribution in [1.82, 2.24) is 15.1 Å². The van der Waals surface area contributed by atoms with Gasteiger partial charge in [-0.25, -0.2) is 13.2 Å². The van der Waals surface area contributed by atoms with Crippen molar-refractivity contribution in [3.05, 3.63) is 23.0 Å². The van der Waals surface area contributed by atoms with E-state index in [0.717, 1.165) is 17.0 Å². The lowest BCUT2D eigenvalue weighted by molar-refractivity contribution is -0.144. The fraction of sp³-hybridized carbons (Fsp3) is 0.562. The van der Waals surface area contributed by atoms with Gasteiger partial charge in [0.15, 0.2) is 16.4 Å². The molecular weight excluding hydrogens is 346 g/mol. The second-order valence-corrected chi connectivity index (χ2v) is 8.78. The minimum atomic E-state index is -3.12. The Hall–Kier alpha value is -2.16. The predicted molar refractivity (Wildman–Crippen MR) is 92.5 cm³/mol. The van der Waals surface area contributed by atoms with Crippen molar-refractivity contribution in [1.29, 1.82) is 0 Å². The molecule has 1 aliphatic heterocycles. The van der Waals surface area contributed by atoms with Crippen molar-refractivity contribution in [3.63, 3.8) is 0 Å². The summed E-state index contributed by atoms with van der Waals surface area (Å²) in [5.74, 6) is -1.22. The maximum atomic E-state index is 11.9. The predicted octanol–water partition coefficient (Wildman–Crippen LogP) is 0.287. The Morgan fingerprint density at radius 3 is 2.60 bits per heavy atom. The molecule has 1 aromatic heterocycles. The number of ether oxygens (including phenoxy) is 1. The first-order valence-corrected chi connectivity index (χ1v) is 9.70. The van der Waals surface area contributed by atoms with Crippen LogP contribution in [0.25, 0.3) is 6.08 Å². The zero-order chi connectivity index (χ0) is 18.8. The van der Waals surface area contributed by atoms with Crippen LogP contribution in [0.4, 0.5) is 0 Å². The number of carbonyl (C=O) groups excluding carboxylic acids is 2. The largest absolute Gasteiger partial charge is 0.452 e. The zero-order valence-corrected chi connectivity index (χ0v) is 15.6. The molecule has 1 amide bonds. The maximum absolute atomic E-state index is 11.9. The summed E-state index contributed by atoms with van der Waals surface area (Å²) in [7, 11) is -1.31. The van der Waals surface area contributed by atoms with E-state index in [0.29, 0.717) is 6.42 Å². The fourth-order valence-electron chi connectivity index (χ4n) is 2.85. The third-order valence-electron chi connectivity index (χ3n) is 4.24. The molecule has 9 heteroatoms. The van der Waals surface area contributed by atoms with Gasteiger partial charge in [0, 0.05) is 24.4 Å². The Bertz CT molecular complexity index is 825. The van der Waals surface area contributed by atoms with Crippen LogP contribution in [0.5, 0.6) is 0 Å². The molecule has 2 rings (SSSR count). The van der Waals surface area contributed by atoms with Gasteiger partial charge in [-0.1, -0.05) is 0 Å². The monoisotopic (exact) mass is 369 g/mol. The fourth-order valence-corrected chi connectivity index (χ4v) is 4.94. The van der Waals surface area contributed by atoms with Crippen LogP contribution in [0.3, 0.4) is 0 Å². The van der Waals surface area contributed by atoms with Crippen LogP contribution < -0.4 is 5.32 Å². The van der Waals surface area contributed by atoms with E-state index in [1.165, 1.54) is 6.08 Å². The summed E-state index contributed by atoms with van der Waals surface area (Å²) in [6.45, 7) is 4.94. The van der Waals surface area contributed by atoms with E-state index in [4.69, 9.17) is 4.74 Å². The standard InChI is InChI=1S/C16H23N3O5S/c1-11-13(12(2)19(4)18-11)5-6-15(21)24-9-14(20)17-16(3)7-8-25(22,23)10-16/h5-6H,7-10H2,1-4H3,(H,17,20)/b6-5+/t16-/m0/s1. The van der Waals surface area contributed by atoms with Gasteiger partial charge in [0.2, 0.25) is 0 Å². The number of nitrogens with zero attached hydrogens (tertiary/aromatic N) is 2. The van der Waals surface area contributed by atoms with Gasteiger partial charge in [-0.3, -0.25) is 9.48 Å². The molecule has 1 aliphatic rings. The molecular formula is C16H23N3O5S. The van der Waals surface area contributed by atoms with Gasteiger partial charge in [0.1, 0.15) is 0 Å². The molecule has 2 heterocycles. The first kappa shape index (κ1) is 19.2. The molecule has 1 N–H and O–H groups in total. The molecule has 0 aromatic carbocycles. The molecule has 0 radical (unpaired) electrons. The van der Waals surface area contributed by atoms with E-state index in [1.54, 1.807) is 17.7 Å². The van der Waals surface area contributed by atoms with Gasteiger partial charge < -0.3 is 10.1 Å². The lowest BCUT2D eigenvalue weighted by Crippen LogP contribution is -2.48. The summed E-state index contributed by atoms with van der Waals surface area (Å²) >= 11 is 0. The van der Waals surface area contributed by atoms with Crippen molar-refractivity contribution < 1.29 is 22.7 Å². The molecule has 8 nitrogen and oxygen atoms in total. The molecule has 0 aliphatic carbocycles. The Kier molecular flexibility index (Phi) is 5.36. The van der Waals surface area contributed by atoms with E-state index in [-0.39, 0.29) is 11.5 Å². The summed E-state index contributed by atoms with van der Waals surface area (Å²) in [5, 5.41) is 6.87. The highest BCUT2D eigenvalue weighted by molar-refractivity contribution is 7.91. The summed E-state index contributed by atoms with van der Waals surface area (Å²) in [5.41, 5.74) is 1.72. The Labute approximate surface area is 147 Å². The van der Waals surface area contributed by atoms with Crippen LogP contribution in [-0.4, -0.2) is 53.7 Å². The molecule has 0 bridgehead atoms. The van der Waals surface area contributed by atoms with Gasteiger partial charge in [-0.15, -0.1) is 0 Å². The summed E-state index contributed by atoms with van der Waals surface area (Å²) in [6.07, 6.45) is 3.20. The van der Waals surface area contributed by atoms with E-state index in [9.17, 15) is 18.0 Å². The topological polar surface area (TPSA) is 107 Å². The number of carbonyl (C=O) groups is 2. The molecule has 1 aromatic rings.